The van der Waals surface area contributed by atoms with Crippen molar-refractivity contribution in [1.29, 1.82) is 0 Å². The van der Waals surface area contributed by atoms with Gasteiger partial charge in [-0.15, -0.1) is 0 Å². The average Bonchev–Trinajstić information content (AvgIpc) is 3.41. The van der Waals surface area contributed by atoms with E-state index in [0.717, 1.165) is 17.0 Å². The van der Waals surface area contributed by atoms with Crippen LogP contribution in [0.3, 0.4) is 0 Å². The Balaban J connectivity index is 1.91. The molecular weight excluding hydrogens is 286 g/mol. The normalized spacial score (nSPS) is 16.6. The zero-order chi connectivity index (χ0) is 16.3. The van der Waals surface area contributed by atoms with Crippen molar-refractivity contribution in [2.75, 3.05) is 6.61 Å². The third-order valence-corrected chi connectivity index (χ3v) is 4.63. The molecule has 0 N–H and O–H groups in total. The standard InChI is InChI=1S/C20H23NO2/c1-3-23-19(22)20(2,14-15-10-12-21-13-11-15)18-8-6-17(7-9-18)16-4-5-16/h6-13,16H,3-5,14H2,1-2H3. The molecule has 2 aromatic rings. The molecule has 0 aliphatic heterocycles. The van der Waals surface area contributed by atoms with Crippen molar-refractivity contribution in [3.8, 4) is 0 Å². The van der Waals surface area contributed by atoms with Crippen LogP contribution in [0.15, 0.2) is 48.8 Å². The zero-order valence-corrected chi connectivity index (χ0v) is 13.8. The highest BCUT2D eigenvalue weighted by molar-refractivity contribution is 5.83. The molecule has 1 aliphatic rings. The third kappa shape index (κ3) is 3.44. The van der Waals surface area contributed by atoms with Crippen LogP contribution in [0.1, 0.15) is 49.3 Å². The summed E-state index contributed by atoms with van der Waals surface area (Å²) in [5.41, 5.74) is 2.79. The van der Waals surface area contributed by atoms with Crippen LogP contribution in [0.2, 0.25) is 0 Å². The molecule has 3 nitrogen and oxygen atoms in total. The number of rotatable bonds is 6. The van der Waals surface area contributed by atoms with E-state index in [1.54, 1.807) is 12.4 Å². The molecule has 3 rings (SSSR count). The molecule has 0 bridgehead atoms. The number of hydrogen-bond acceptors (Lipinski definition) is 3. The van der Waals surface area contributed by atoms with E-state index >= 15 is 0 Å². The van der Waals surface area contributed by atoms with Gasteiger partial charge in [0.1, 0.15) is 0 Å². The van der Waals surface area contributed by atoms with Gasteiger partial charge in [-0.05, 0) is 67.9 Å². The lowest BCUT2D eigenvalue weighted by Crippen LogP contribution is -2.36. The number of pyridine rings is 1. The maximum Gasteiger partial charge on any atom is 0.316 e. The topological polar surface area (TPSA) is 39.2 Å². The van der Waals surface area contributed by atoms with Crippen molar-refractivity contribution in [3.05, 3.63) is 65.5 Å². The number of carbonyl (C=O) groups is 1. The molecule has 1 aromatic carbocycles. The van der Waals surface area contributed by atoms with Gasteiger partial charge < -0.3 is 4.74 Å². The molecule has 1 fully saturated rings. The molecule has 1 atom stereocenters. The van der Waals surface area contributed by atoms with E-state index in [1.807, 2.05) is 26.0 Å². The van der Waals surface area contributed by atoms with E-state index in [1.165, 1.54) is 18.4 Å². The van der Waals surface area contributed by atoms with Crippen LogP contribution in [0.4, 0.5) is 0 Å². The number of benzene rings is 1. The SMILES string of the molecule is CCOC(=O)C(C)(Cc1ccncc1)c1ccc(C2CC2)cc1. The van der Waals surface area contributed by atoms with Crippen molar-refractivity contribution in [2.45, 2.75) is 44.4 Å². The Hall–Kier alpha value is -2.16. The molecule has 1 aromatic heterocycles. The fourth-order valence-corrected chi connectivity index (χ4v) is 3.03. The van der Waals surface area contributed by atoms with Crippen LogP contribution < -0.4 is 0 Å². The Morgan fingerprint density at radius 2 is 1.83 bits per heavy atom. The number of ether oxygens (including phenoxy) is 1. The summed E-state index contributed by atoms with van der Waals surface area (Å²) < 4.78 is 5.37. The Morgan fingerprint density at radius 3 is 2.39 bits per heavy atom. The molecule has 1 unspecified atom stereocenters. The van der Waals surface area contributed by atoms with Crippen LogP contribution >= 0.6 is 0 Å². The lowest BCUT2D eigenvalue weighted by atomic mass is 9.77. The average molecular weight is 309 g/mol. The number of esters is 1. The molecule has 120 valence electrons. The second kappa shape index (κ2) is 6.53. The number of hydrogen-bond donors (Lipinski definition) is 0. The zero-order valence-electron chi connectivity index (χ0n) is 13.8. The van der Waals surface area contributed by atoms with E-state index in [9.17, 15) is 4.79 Å². The smallest absolute Gasteiger partial charge is 0.316 e. The molecule has 23 heavy (non-hydrogen) atoms. The van der Waals surface area contributed by atoms with Crippen LogP contribution in [-0.2, 0) is 21.4 Å². The summed E-state index contributed by atoms with van der Waals surface area (Å²) in [7, 11) is 0. The fourth-order valence-electron chi connectivity index (χ4n) is 3.03. The van der Waals surface area contributed by atoms with Crippen LogP contribution in [0, 0.1) is 0 Å². The first-order valence-electron chi connectivity index (χ1n) is 8.30. The lowest BCUT2D eigenvalue weighted by molar-refractivity contribution is -0.149. The number of nitrogens with zero attached hydrogens (tertiary/aromatic N) is 1. The molecule has 1 heterocycles. The molecule has 3 heteroatoms. The second-order valence-electron chi connectivity index (χ2n) is 6.48. The summed E-state index contributed by atoms with van der Waals surface area (Å²) in [5.74, 6) is 0.550. The minimum atomic E-state index is -0.681. The Labute approximate surface area is 137 Å². The first-order chi connectivity index (χ1) is 11.1. The predicted octanol–water partition coefficient (Wildman–Crippen LogP) is 4.02. The van der Waals surface area contributed by atoms with E-state index in [2.05, 4.69) is 29.2 Å². The molecule has 0 saturated heterocycles. The number of carbonyl (C=O) groups excluding carboxylic acids is 1. The molecule has 1 aliphatic carbocycles. The maximum atomic E-state index is 12.7. The highest BCUT2D eigenvalue weighted by Crippen LogP contribution is 2.41. The van der Waals surface area contributed by atoms with Gasteiger partial charge in [0, 0.05) is 12.4 Å². The molecule has 0 spiro atoms. The highest BCUT2D eigenvalue weighted by atomic mass is 16.5. The fraction of sp³-hybridized carbons (Fsp3) is 0.400. The molecule has 0 amide bonds. The van der Waals surface area contributed by atoms with Gasteiger partial charge in [0.25, 0.3) is 0 Å². The molecular formula is C20H23NO2. The van der Waals surface area contributed by atoms with Crippen molar-refractivity contribution in [2.24, 2.45) is 0 Å². The largest absolute Gasteiger partial charge is 0.465 e. The lowest BCUT2D eigenvalue weighted by Gasteiger charge is -2.28. The summed E-state index contributed by atoms with van der Waals surface area (Å²) in [5, 5.41) is 0. The van der Waals surface area contributed by atoms with Gasteiger partial charge in [0.2, 0.25) is 0 Å². The maximum absolute atomic E-state index is 12.7. The van der Waals surface area contributed by atoms with E-state index < -0.39 is 5.41 Å². The summed E-state index contributed by atoms with van der Waals surface area (Å²) in [6.07, 6.45) is 6.70. The van der Waals surface area contributed by atoms with Gasteiger partial charge in [-0.2, -0.15) is 0 Å². The monoisotopic (exact) mass is 309 g/mol. The van der Waals surface area contributed by atoms with Gasteiger partial charge in [-0.25, -0.2) is 0 Å². The van der Waals surface area contributed by atoms with Gasteiger partial charge in [-0.1, -0.05) is 24.3 Å². The Morgan fingerprint density at radius 1 is 1.17 bits per heavy atom. The Kier molecular flexibility index (Phi) is 4.46. The highest BCUT2D eigenvalue weighted by Gasteiger charge is 2.37. The second-order valence-corrected chi connectivity index (χ2v) is 6.48. The summed E-state index contributed by atoms with van der Waals surface area (Å²) in [6, 6.07) is 12.4. The summed E-state index contributed by atoms with van der Waals surface area (Å²) in [4.78, 5) is 16.7. The van der Waals surface area contributed by atoms with E-state index in [0.29, 0.717) is 13.0 Å². The van der Waals surface area contributed by atoms with Crippen LogP contribution in [0.25, 0.3) is 0 Å². The Bertz CT molecular complexity index is 662. The van der Waals surface area contributed by atoms with Crippen molar-refractivity contribution >= 4 is 5.97 Å². The quantitative estimate of drug-likeness (QED) is 0.756. The predicted molar refractivity (Wildman–Crippen MR) is 90.3 cm³/mol. The molecule has 1 saturated carbocycles. The summed E-state index contributed by atoms with van der Waals surface area (Å²) in [6.45, 7) is 4.21. The van der Waals surface area contributed by atoms with Gasteiger partial charge >= 0.3 is 5.97 Å². The summed E-state index contributed by atoms with van der Waals surface area (Å²) >= 11 is 0. The van der Waals surface area contributed by atoms with Crippen molar-refractivity contribution < 1.29 is 9.53 Å². The third-order valence-electron chi connectivity index (χ3n) is 4.63. The van der Waals surface area contributed by atoms with E-state index in [-0.39, 0.29) is 5.97 Å². The van der Waals surface area contributed by atoms with Gasteiger partial charge in [0.05, 0.1) is 12.0 Å². The van der Waals surface area contributed by atoms with Crippen molar-refractivity contribution in [1.82, 2.24) is 4.98 Å². The minimum Gasteiger partial charge on any atom is -0.465 e. The van der Waals surface area contributed by atoms with Crippen molar-refractivity contribution in [3.63, 3.8) is 0 Å². The van der Waals surface area contributed by atoms with Gasteiger partial charge in [-0.3, -0.25) is 9.78 Å². The first kappa shape index (κ1) is 15.7. The van der Waals surface area contributed by atoms with E-state index in [4.69, 9.17) is 4.74 Å². The van der Waals surface area contributed by atoms with Crippen LogP contribution in [0.5, 0.6) is 0 Å². The van der Waals surface area contributed by atoms with Crippen LogP contribution in [-0.4, -0.2) is 17.6 Å². The first-order valence-corrected chi connectivity index (χ1v) is 8.30. The van der Waals surface area contributed by atoms with Gasteiger partial charge in [0.15, 0.2) is 0 Å². The minimum absolute atomic E-state index is 0.170. The molecule has 0 radical (unpaired) electrons. The number of aromatic nitrogens is 1.